The van der Waals surface area contributed by atoms with Gasteiger partial charge in [-0.3, -0.25) is 0 Å². The molecule has 1 aromatic carbocycles. The van der Waals surface area contributed by atoms with Gasteiger partial charge in [-0.2, -0.15) is 4.98 Å². The van der Waals surface area contributed by atoms with Gasteiger partial charge in [-0.1, -0.05) is 29.7 Å². The van der Waals surface area contributed by atoms with E-state index in [-0.39, 0.29) is 17.0 Å². The molecule has 2 N–H and O–H groups in total. The SMILES string of the molecule is CCC(N)c1noc(-c2cccc(F)c2Cl)n1. The van der Waals surface area contributed by atoms with Crippen LogP contribution in [0.25, 0.3) is 11.5 Å². The van der Waals surface area contributed by atoms with Gasteiger partial charge in [-0.25, -0.2) is 4.39 Å². The van der Waals surface area contributed by atoms with Crippen LogP contribution >= 0.6 is 11.6 Å². The molecule has 0 bridgehead atoms. The van der Waals surface area contributed by atoms with Gasteiger partial charge in [0, 0.05) is 0 Å². The van der Waals surface area contributed by atoms with E-state index in [9.17, 15) is 4.39 Å². The van der Waals surface area contributed by atoms with Crippen molar-refractivity contribution in [2.24, 2.45) is 5.73 Å². The van der Waals surface area contributed by atoms with Crippen LogP contribution in [0.2, 0.25) is 5.02 Å². The molecule has 1 unspecified atom stereocenters. The summed E-state index contributed by atoms with van der Waals surface area (Å²) < 4.78 is 18.3. The lowest BCUT2D eigenvalue weighted by Gasteiger charge is -2.00. The second-order valence-electron chi connectivity index (χ2n) is 3.57. The van der Waals surface area contributed by atoms with Crippen LogP contribution in [0, 0.1) is 5.82 Å². The van der Waals surface area contributed by atoms with Crippen molar-refractivity contribution in [2.75, 3.05) is 0 Å². The number of nitrogens with two attached hydrogens (primary N) is 1. The van der Waals surface area contributed by atoms with E-state index in [1.165, 1.54) is 12.1 Å². The summed E-state index contributed by atoms with van der Waals surface area (Å²) in [5.41, 5.74) is 6.13. The maximum atomic E-state index is 13.2. The first-order valence-electron chi connectivity index (χ1n) is 5.17. The lowest BCUT2D eigenvalue weighted by Crippen LogP contribution is -2.10. The van der Waals surface area contributed by atoms with E-state index >= 15 is 0 Å². The summed E-state index contributed by atoms with van der Waals surface area (Å²) in [4.78, 5) is 4.10. The summed E-state index contributed by atoms with van der Waals surface area (Å²) in [5.74, 6) is 0.0416. The third-order valence-corrected chi connectivity index (χ3v) is 2.78. The monoisotopic (exact) mass is 255 g/mol. The fraction of sp³-hybridized carbons (Fsp3) is 0.273. The Morgan fingerprint density at radius 1 is 1.53 bits per heavy atom. The summed E-state index contributed by atoms with van der Waals surface area (Å²) in [6.45, 7) is 1.91. The minimum atomic E-state index is -0.524. The molecule has 0 saturated heterocycles. The molecule has 17 heavy (non-hydrogen) atoms. The molecule has 2 aromatic rings. The van der Waals surface area contributed by atoms with Crippen LogP contribution in [0.3, 0.4) is 0 Å². The molecular formula is C11H11ClFN3O. The fourth-order valence-electron chi connectivity index (χ4n) is 1.35. The van der Waals surface area contributed by atoms with Crippen molar-refractivity contribution in [1.82, 2.24) is 10.1 Å². The first-order chi connectivity index (χ1) is 8.13. The highest BCUT2D eigenvalue weighted by Crippen LogP contribution is 2.29. The van der Waals surface area contributed by atoms with Crippen molar-refractivity contribution in [3.05, 3.63) is 34.9 Å². The number of nitrogens with zero attached hydrogens (tertiary/aromatic N) is 2. The highest BCUT2D eigenvalue weighted by molar-refractivity contribution is 6.33. The lowest BCUT2D eigenvalue weighted by molar-refractivity contribution is 0.415. The number of benzene rings is 1. The summed E-state index contributed by atoms with van der Waals surface area (Å²) in [6.07, 6.45) is 0.690. The van der Waals surface area contributed by atoms with E-state index in [1.54, 1.807) is 6.07 Å². The zero-order valence-electron chi connectivity index (χ0n) is 9.15. The Labute approximate surface area is 103 Å². The Hall–Kier alpha value is -1.46. The molecular weight excluding hydrogens is 245 g/mol. The minimum Gasteiger partial charge on any atom is -0.334 e. The average molecular weight is 256 g/mol. The second kappa shape index (κ2) is 4.81. The topological polar surface area (TPSA) is 64.9 Å². The molecule has 2 rings (SSSR count). The van der Waals surface area contributed by atoms with Crippen LogP contribution < -0.4 is 5.73 Å². The summed E-state index contributed by atoms with van der Waals surface area (Å²) in [6, 6.07) is 4.11. The molecule has 1 heterocycles. The van der Waals surface area contributed by atoms with Gasteiger partial charge >= 0.3 is 0 Å². The molecule has 0 spiro atoms. The van der Waals surface area contributed by atoms with Gasteiger partial charge < -0.3 is 10.3 Å². The van der Waals surface area contributed by atoms with Crippen LogP contribution in [-0.2, 0) is 0 Å². The molecule has 0 aliphatic heterocycles. The first-order valence-corrected chi connectivity index (χ1v) is 5.54. The Morgan fingerprint density at radius 3 is 3.00 bits per heavy atom. The van der Waals surface area contributed by atoms with E-state index in [2.05, 4.69) is 10.1 Å². The van der Waals surface area contributed by atoms with Crippen LogP contribution in [0.4, 0.5) is 4.39 Å². The van der Waals surface area contributed by atoms with Crippen molar-refractivity contribution in [3.8, 4) is 11.5 Å². The third-order valence-electron chi connectivity index (χ3n) is 2.40. The Morgan fingerprint density at radius 2 is 2.29 bits per heavy atom. The molecule has 0 radical (unpaired) electrons. The smallest absolute Gasteiger partial charge is 0.259 e. The van der Waals surface area contributed by atoms with Gasteiger partial charge in [0.2, 0.25) is 0 Å². The Kier molecular flexibility index (Phi) is 3.40. The standard InChI is InChI=1S/C11H11ClFN3O/c1-2-8(14)10-15-11(17-16-10)6-4-3-5-7(13)9(6)12/h3-5,8H,2,14H2,1H3. The van der Waals surface area contributed by atoms with Crippen LogP contribution in [-0.4, -0.2) is 10.1 Å². The third kappa shape index (κ3) is 2.30. The second-order valence-corrected chi connectivity index (χ2v) is 3.95. The predicted octanol–water partition coefficient (Wildman–Crippen LogP) is 2.94. The molecule has 0 amide bonds. The number of aromatic nitrogens is 2. The van der Waals surface area contributed by atoms with E-state index in [0.717, 1.165) is 0 Å². The zero-order valence-corrected chi connectivity index (χ0v) is 9.91. The maximum Gasteiger partial charge on any atom is 0.259 e. The minimum absolute atomic E-state index is 0.0345. The number of halogens is 2. The number of hydrogen-bond acceptors (Lipinski definition) is 4. The van der Waals surface area contributed by atoms with E-state index in [4.69, 9.17) is 21.9 Å². The van der Waals surface area contributed by atoms with Crippen molar-refractivity contribution < 1.29 is 8.91 Å². The highest BCUT2D eigenvalue weighted by Gasteiger charge is 2.17. The lowest BCUT2D eigenvalue weighted by atomic mass is 10.2. The van der Waals surface area contributed by atoms with Gasteiger partial charge in [0.05, 0.1) is 16.6 Å². The molecule has 0 fully saturated rings. The average Bonchev–Trinajstić information content (AvgIpc) is 2.81. The summed E-state index contributed by atoms with van der Waals surface area (Å²) in [5, 5.41) is 3.71. The predicted molar refractivity (Wildman–Crippen MR) is 61.9 cm³/mol. The number of hydrogen-bond donors (Lipinski definition) is 1. The van der Waals surface area contributed by atoms with E-state index in [0.29, 0.717) is 17.8 Å². The highest BCUT2D eigenvalue weighted by atomic mass is 35.5. The number of rotatable bonds is 3. The normalized spacial score (nSPS) is 12.7. The molecule has 6 heteroatoms. The van der Waals surface area contributed by atoms with Crippen LogP contribution in [0.15, 0.2) is 22.7 Å². The maximum absolute atomic E-state index is 13.2. The van der Waals surface area contributed by atoms with Crippen molar-refractivity contribution in [1.29, 1.82) is 0 Å². The van der Waals surface area contributed by atoms with E-state index < -0.39 is 5.82 Å². The molecule has 1 aromatic heterocycles. The van der Waals surface area contributed by atoms with Crippen molar-refractivity contribution >= 4 is 11.6 Å². The van der Waals surface area contributed by atoms with Gasteiger partial charge in [-0.15, -0.1) is 0 Å². The van der Waals surface area contributed by atoms with Gasteiger partial charge in [0.1, 0.15) is 5.82 Å². The van der Waals surface area contributed by atoms with Gasteiger partial charge in [0.25, 0.3) is 5.89 Å². The Balaban J connectivity index is 2.40. The molecule has 0 aliphatic carbocycles. The molecule has 4 nitrogen and oxygen atoms in total. The van der Waals surface area contributed by atoms with Crippen molar-refractivity contribution in [3.63, 3.8) is 0 Å². The first kappa shape index (κ1) is 12.0. The van der Waals surface area contributed by atoms with Gasteiger partial charge in [-0.05, 0) is 18.6 Å². The Bertz CT molecular complexity index is 529. The van der Waals surface area contributed by atoms with Crippen LogP contribution in [0.1, 0.15) is 25.2 Å². The molecule has 0 saturated carbocycles. The molecule has 90 valence electrons. The summed E-state index contributed by atoms with van der Waals surface area (Å²) >= 11 is 5.82. The van der Waals surface area contributed by atoms with Crippen molar-refractivity contribution in [2.45, 2.75) is 19.4 Å². The largest absolute Gasteiger partial charge is 0.334 e. The molecule has 0 aliphatic rings. The zero-order chi connectivity index (χ0) is 12.4. The quantitative estimate of drug-likeness (QED) is 0.916. The fourth-order valence-corrected chi connectivity index (χ4v) is 1.55. The van der Waals surface area contributed by atoms with Gasteiger partial charge in [0.15, 0.2) is 5.82 Å². The molecule has 1 atom stereocenters. The van der Waals surface area contributed by atoms with E-state index in [1.807, 2.05) is 6.92 Å². The summed E-state index contributed by atoms with van der Waals surface area (Å²) in [7, 11) is 0. The van der Waals surface area contributed by atoms with Crippen LogP contribution in [0.5, 0.6) is 0 Å².